The van der Waals surface area contributed by atoms with E-state index in [4.69, 9.17) is 4.55 Å². The number of nitrogens with zero attached hydrogens (tertiary/aromatic N) is 2. The van der Waals surface area contributed by atoms with Gasteiger partial charge in [-0.1, -0.05) is 0 Å². The first-order valence-corrected chi connectivity index (χ1v) is 6.76. The first kappa shape index (κ1) is 16.8. The Labute approximate surface area is 139 Å². The maximum absolute atomic E-state index is 10.8. The minimum atomic E-state index is -4.16. The quantitative estimate of drug-likeness (QED) is 0.319. The Bertz CT molecular complexity index is 673. The van der Waals surface area contributed by atoms with Gasteiger partial charge in [0, 0.05) is 12.4 Å². The number of pyridine rings is 1. The summed E-state index contributed by atoms with van der Waals surface area (Å²) in [5.74, 6) is 0. The van der Waals surface area contributed by atoms with E-state index in [0.29, 0.717) is 5.69 Å². The number of rotatable bonds is 4. The van der Waals surface area contributed by atoms with E-state index in [-0.39, 0.29) is 34.5 Å². The second-order valence-electron chi connectivity index (χ2n) is 3.65. The summed E-state index contributed by atoms with van der Waals surface area (Å²) in [5.41, 5.74) is 4.24. The Morgan fingerprint density at radius 3 is 2.25 bits per heavy atom. The molecule has 1 aromatic heterocycles. The Kier molecular flexibility index (Phi) is 6.31. The third-order valence-corrected chi connectivity index (χ3v) is 3.13. The normalized spacial score (nSPS) is 11.1. The van der Waals surface area contributed by atoms with E-state index >= 15 is 0 Å². The molecule has 1 aromatic carbocycles. The van der Waals surface area contributed by atoms with Crippen molar-refractivity contribution in [3.63, 3.8) is 0 Å². The first-order valence-electron chi connectivity index (χ1n) is 5.32. The van der Waals surface area contributed by atoms with Gasteiger partial charge in [0.2, 0.25) is 0 Å². The van der Waals surface area contributed by atoms with E-state index < -0.39 is 10.1 Å². The van der Waals surface area contributed by atoms with Crippen molar-refractivity contribution in [2.75, 3.05) is 5.43 Å². The molecule has 2 rings (SSSR count). The third-order valence-electron chi connectivity index (χ3n) is 2.27. The first-order chi connectivity index (χ1) is 9.05. The van der Waals surface area contributed by atoms with Crippen LogP contribution in [0.1, 0.15) is 5.56 Å². The smallest absolute Gasteiger partial charge is 0.282 e. The molecule has 0 bridgehead atoms. The Morgan fingerprint density at radius 2 is 1.70 bits per heavy atom. The molecule has 0 aliphatic heterocycles. The largest absolute Gasteiger partial charge is 1.00 e. The maximum Gasteiger partial charge on any atom is 1.00 e. The average Bonchev–Trinajstić information content (AvgIpc) is 2.39. The summed E-state index contributed by atoms with van der Waals surface area (Å²) in [7, 11) is -4.16. The van der Waals surface area contributed by atoms with Crippen molar-refractivity contribution in [1.82, 2.24) is 4.98 Å². The van der Waals surface area contributed by atoms with E-state index in [1.165, 1.54) is 24.3 Å². The van der Waals surface area contributed by atoms with Gasteiger partial charge in [0.25, 0.3) is 10.1 Å². The molecule has 0 atom stereocenters. The summed E-state index contributed by atoms with van der Waals surface area (Å²) < 4.78 is 30.5. The van der Waals surface area contributed by atoms with Crippen molar-refractivity contribution < 1.29 is 42.5 Å². The number of aromatic nitrogens is 1. The minimum absolute atomic E-state index is 0. The van der Waals surface area contributed by atoms with Crippen molar-refractivity contribution in [1.29, 1.82) is 0 Å². The zero-order valence-electron chi connectivity index (χ0n) is 10.8. The van der Waals surface area contributed by atoms with Gasteiger partial charge < -0.3 is 0 Å². The fourth-order valence-electron chi connectivity index (χ4n) is 1.33. The van der Waals surface area contributed by atoms with Crippen molar-refractivity contribution >= 4 is 22.0 Å². The van der Waals surface area contributed by atoms with Crippen LogP contribution in [0.15, 0.2) is 58.8 Å². The standard InChI is InChI=1S/C12H11N3O3S.Na/c16-19(17,18)12-3-1-11(2-4-12)15-14-9-10-5-7-13-8-6-10;/h1-9,15H,(H,16,17,18);/q;+1/b14-9+;. The van der Waals surface area contributed by atoms with E-state index in [0.717, 1.165) is 5.56 Å². The van der Waals surface area contributed by atoms with Crippen molar-refractivity contribution in [3.8, 4) is 0 Å². The molecule has 1 heterocycles. The Hall–Kier alpha value is -1.25. The third kappa shape index (κ3) is 5.03. The van der Waals surface area contributed by atoms with Gasteiger partial charge >= 0.3 is 29.6 Å². The van der Waals surface area contributed by atoms with Gasteiger partial charge in [-0.3, -0.25) is 15.0 Å². The van der Waals surface area contributed by atoms with Crippen molar-refractivity contribution in [2.24, 2.45) is 5.10 Å². The van der Waals surface area contributed by atoms with Crippen molar-refractivity contribution in [3.05, 3.63) is 54.4 Å². The van der Waals surface area contributed by atoms with Crippen LogP contribution in [-0.4, -0.2) is 24.2 Å². The van der Waals surface area contributed by atoms with Crippen molar-refractivity contribution in [2.45, 2.75) is 4.90 Å². The van der Waals surface area contributed by atoms with Gasteiger partial charge in [0.05, 0.1) is 16.8 Å². The van der Waals surface area contributed by atoms with Gasteiger partial charge in [0.1, 0.15) is 0 Å². The Morgan fingerprint density at radius 1 is 1.10 bits per heavy atom. The fourth-order valence-corrected chi connectivity index (χ4v) is 1.81. The SMILES string of the molecule is O=S(=O)(O)c1ccc(N/N=C/c2ccncc2)cc1.[Na+]. The van der Waals surface area contributed by atoms with Gasteiger partial charge in [0.15, 0.2) is 0 Å². The molecule has 0 saturated carbocycles. The summed E-state index contributed by atoms with van der Waals surface area (Å²) in [4.78, 5) is 3.73. The average molecular weight is 300 g/mol. The zero-order valence-corrected chi connectivity index (χ0v) is 13.6. The topological polar surface area (TPSA) is 91.7 Å². The molecule has 0 aliphatic carbocycles. The van der Waals surface area contributed by atoms with Gasteiger partial charge in [-0.05, 0) is 42.0 Å². The summed E-state index contributed by atoms with van der Waals surface area (Å²) >= 11 is 0. The molecular weight excluding hydrogens is 289 g/mol. The van der Waals surface area contributed by atoms with Crippen LogP contribution < -0.4 is 35.0 Å². The van der Waals surface area contributed by atoms with Gasteiger partial charge in [-0.25, -0.2) is 0 Å². The molecule has 2 aromatic rings. The number of hydrogen-bond acceptors (Lipinski definition) is 5. The minimum Gasteiger partial charge on any atom is -0.282 e. The number of benzene rings is 1. The molecule has 20 heavy (non-hydrogen) atoms. The molecule has 0 spiro atoms. The van der Waals surface area contributed by atoms with E-state index in [1.807, 2.05) is 0 Å². The molecule has 0 fully saturated rings. The second kappa shape index (κ2) is 7.51. The van der Waals surface area contributed by atoms with Crippen LogP contribution in [0.2, 0.25) is 0 Å². The number of nitrogens with one attached hydrogen (secondary N) is 1. The molecule has 6 nitrogen and oxygen atoms in total. The molecule has 98 valence electrons. The van der Waals surface area contributed by atoms with Crippen LogP contribution in [0.5, 0.6) is 0 Å². The van der Waals surface area contributed by atoms with Crippen LogP contribution >= 0.6 is 0 Å². The van der Waals surface area contributed by atoms with E-state index in [1.54, 1.807) is 30.7 Å². The molecule has 0 unspecified atom stereocenters. The van der Waals surface area contributed by atoms with Crippen LogP contribution in [0.3, 0.4) is 0 Å². The van der Waals surface area contributed by atoms with E-state index in [2.05, 4.69) is 15.5 Å². The number of anilines is 1. The fraction of sp³-hybridized carbons (Fsp3) is 0. The molecule has 8 heteroatoms. The van der Waals surface area contributed by atoms with Gasteiger partial charge in [-0.15, -0.1) is 0 Å². The van der Waals surface area contributed by atoms with Crippen LogP contribution in [0, 0.1) is 0 Å². The zero-order chi connectivity index (χ0) is 13.7. The summed E-state index contributed by atoms with van der Waals surface area (Å²) in [5, 5.41) is 3.99. The summed E-state index contributed by atoms with van der Waals surface area (Å²) in [6.45, 7) is 0. The number of hydrogen-bond donors (Lipinski definition) is 2. The maximum atomic E-state index is 10.8. The van der Waals surface area contributed by atoms with Gasteiger partial charge in [-0.2, -0.15) is 13.5 Å². The predicted octanol–water partition coefficient (Wildman–Crippen LogP) is -1.22. The molecule has 0 radical (unpaired) electrons. The molecule has 0 aliphatic rings. The van der Waals surface area contributed by atoms with Crippen LogP contribution in [0.4, 0.5) is 5.69 Å². The molecule has 0 saturated heterocycles. The molecular formula is C12H11N3NaO3S+. The Balaban J connectivity index is 0.00000200. The molecule has 0 amide bonds. The summed E-state index contributed by atoms with van der Waals surface area (Å²) in [6, 6.07) is 9.19. The van der Waals surface area contributed by atoms with E-state index in [9.17, 15) is 8.42 Å². The second-order valence-corrected chi connectivity index (χ2v) is 5.07. The summed E-state index contributed by atoms with van der Waals surface area (Å²) in [6.07, 6.45) is 4.92. The van der Waals surface area contributed by atoms with Crippen LogP contribution in [0.25, 0.3) is 0 Å². The predicted molar refractivity (Wildman–Crippen MR) is 71.7 cm³/mol. The molecule has 2 N–H and O–H groups in total. The number of hydrazone groups is 1. The van der Waals surface area contributed by atoms with Crippen LogP contribution in [-0.2, 0) is 10.1 Å². The monoisotopic (exact) mass is 300 g/mol.